The zero-order valence-electron chi connectivity index (χ0n) is 37.1. The number of rotatable bonds is 11. The monoisotopic (exact) mass is 952 g/mol. The summed E-state index contributed by atoms with van der Waals surface area (Å²) in [6.07, 6.45) is 2.28. The molecule has 2 saturated carbocycles. The number of alkyl halides is 3. The lowest BCUT2D eigenvalue weighted by Crippen LogP contribution is -2.55. The van der Waals surface area contributed by atoms with E-state index >= 15 is 0 Å². The summed E-state index contributed by atoms with van der Waals surface area (Å²) in [7, 11) is -3.11. The minimum Gasteiger partial charge on any atom is -0.497 e. The van der Waals surface area contributed by atoms with Crippen LogP contribution in [0.4, 0.5) is 23.1 Å². The normalized spacial score (nSPS) is 25.5. The average Bonchev–Trinajstić information content (AvgIpc) is 3.68. The van der Waals surface area contributed by atoms with Gasteiger partial charge < -0.3 is 40.0 Å². The van der Waals surface area contributed by atoms with Crippen molar-refractivity contribution in [2.75, 3.05) is 19.0 Å². The van der Waals surface area contributed by atoms with Crippen molar-refractivity contribution in [3.05, 3.63) is 77.2 Å². The van der Waals surface area contributed by atoms with Gasteiger partial charge in [-0.3, -0.25) is 14.2 Å². The van der Waals surface area contributed by atoms with E-state index in [0.29, 0.717) is 64.6 Å². The van der Waals surface area contributed by atoms with Crippen molar-refractivity contribution in [3.63, 3.8) is 0 Å². The van der Waals surface area contributed by atoms with E-state index in [1.807, 2.05) is 25.3 Å². The Hall–Kier alpha value is -5.19. The van der Waals surface area contributed by atoms with Crippen LogP contribution in [0, 0.1) is 5.92 Å². The number of ether oxygens (including phenoxy) is 3. The van der Waals surface area contributed by atoms with Gasteiger partial charge in [-0.2, -0.15) is 13.2 Å². The summed E-state index contributed by atoms with van der Waals surface area (Å²) in [5, 5.41) is 10.3. The molecule has 66 heavy (non-hydrogen) atoms. The van der Waals surface area contributed by atoms with Crippen LogP contribution in [0.5, 0.6) is 11.5 Å². The van der Waals surface area contributed by atoms with Crippen molar-refractivity contribution in [2.24, 2.45) is 5.92 Å². The summed E-state index contributed by atoms with van der Waals surface area (Å²) in [5.41, 5.74) is 0.249. The van der Waals surface area contributed by atoms with Gasteiger partial charge in [-0.15, -0.1) is 11.3 Å². The summed E-state index contributed by atoms with van der Waals surface area (Å²) >= 11 is 1.43. The number of benzene rings is 2. The number of carbonyl (C=O) groups excluding carboxylic acids is 3. The van der Waals surface area contributed by atoms with Gasteiger partial charge in [0.1, 0.15) is 46.8 Å². The molecule has 2 aromatic carbocycles. The molecule has 354 valence electrons. The largest absolute Gasteiger partial charge is 0.497 e. The molecular weight excluding hydrogens is 897 g/mol. The number of aromatic nitrogens is 2. The Morgan fingerprint density at radius 2 is 1.80 bits per heavy atom. The summed E-state index contributed by atoms with van der Waals surface area (Å²) < 4.78 is 75.1. The van der Waals surface area contributed by atoms with E-state index in [4.69, 9.17) is 24.2 Å². The van der Waals surface area contributed by atoms with Crippen molar-refractivity contribution in [1.82, 2.24) is 25.5 Å². The highest BCUT2D eigenvalue weighted by Crippen LogP contribution is 2.71. The third-order valence-electron chi connectivity index (χ3n) is 12.9. The third kappa shape index (κ3) is 10.5. The minimum atomic E-state index is -4.78. The molecule has 8 rings (SSSR count). The molecule has 1 saturated heterocycles. The Kier molecular flexibility index (Phi) is 14.0. The molecule has 3 amide bonds. The van der Waals surface area contributed by atoms with Gasteiger partial charge in [0.2, 0.25) is 19.2 Å². The molecule has 2 aliphatic carbocycles. The van der Waals surface area contributed by atoms with Crippen LogP contribution in [-0.4, -0.2) is 86.9 Å². The van der Waals surface area contributed by atoms with Gasteiger partial charge in [-0.1, -0.05) is 43.2 Å². The Bertz CT molecular complexity index is 2520. The highest BCUT2D eigenvalue weighted by Gasteiger charge is 2.66. The van der Waals surface area contributed by atoms with Crippen LogP contribution in [0.2, 0.25) is 0 Å². The number of carbonyl (C=O) groups is 3. The van der Waals surface area contributed by atoms with Crippen molar-refractivity contribution in [2.45, 2.75) is 132 Å². The van der Waals surface area contributed by atoms with E-state index in [9.17, 15) is 37.0 Å². The van der Waals surface area contributed by atoms with Crippen molar-refractivity contribution < 1.29 is 51.2 Å². The lowest BCUT2D eigenvalue weighted by Gasteiger charge is -2.31. The molecule has 0 radical (unpaired) electrons. The maximum absolute atomic E-state index is 14.9. The molecule has 1 unspecified atom stereocenters. The molecule has 2 aliphatic heterocycles. The van der Waals surface area contributed by atoms with Crippen molar-refractivity contribution >= 4 is 52.6 Å². The van der Waals surface area contributed by atoms with Crippen LogP contribution in [0.15, 0.2) is 66.1 Å². The number of pyridine rings is 1. The molecule has 2 aromatic heterocycles. The SMILES string of the molecule is COc1ccc2c(O[C@@H]3C[C@H]4C(=O)N[C@]5(P(=O)(O)Cc6ccccc6C(F)(F)F)C[C@H]5/C=C\CCCCC[C@H](NC(=O)OC5CCCC5)C(=O)N4C3)cc(-c3csc(NC(C)C)n3)nc2c1. The van der Waals surface area contributed by atoms with E-state index < -0.39 is 72.6 Å². The number of alkyl carbamates (subject to hydrolysis) is 1. The lowest BCUT2D eigenvalue weighted by atomic mass is 10.0. The van der Waals surface area contributed by atoms with E-state index in [-0.39, 0.29) is 43.5 Å². The number of fused-ring (bicyclic) bond motifs is 3. The van der Waals surface area contributed by atoms with Gasteiger partial charge in [0.15, 0.2) is 5.13 Å². The van der Waals surface area contributed by atoms with E-state index in [0.717, 1.165) is 31.7 Å². The molecule has 0 bridgehead atoms. The van der Waals surface area contributed by atoms with Gasteiger partial charge in [0.05, 0.1) is 36.6 Å². The van der Waals surface area contributed by atoms with Gasteiger partial charge in [-0.25, -0.2) is 14.8 Å². The predicted molar refractivity (Wildman–Crippen MR) is 245 cm³/mol. The number of nitrogens with zero attached hydrogens (tertiary/aromatic N) is 3. The molecule has 0 spiro atoms. The first-order chi connectivity index (χ1) is 31.5. The van der Waals surface area contributed by atoms with Crippen LogP contribution in [0.3, 0.4) is 0 Å². The van der Waals surface area contributed by atoms with Crippen molar-refractivity contribution in [1.29, 1.82) is 0 Å². The molecular formula is C47H56F3N6O8PS. The van der Waals surface area contributed by atoms with Crippen LogP contribution in [0.1, 0.15) is 95.6 Å². The molecule has 3 fully saturated rings. The quantitative estimate of drug-likeness (QED) is 0.0831. The second-order valence-electron chi connectivity index (χ2n) is 18.0. The van der Waals surface area contributed by atoms with E-state index in [1.165, 1.54) is 34.4 Å². The molecule has 4 heterocycles. The zero-order chi connectivity index (χ0) is 46.8. The number of nitrogens with one attached hydrogen (secondary N) is 3. The molecule has 4 aliphatic rings. The highest BCUT2D eigenvalue weighted by atomic mass is 32.1. The van der Waals surface area contributed by atoms with E-state index in [1.54, 1.807) is 37.5 Å². The number of halogens is 3. The molecule has 4 aromatic rings. The van der Waals surface area contributed by atoms with Crippen LogP contribution in [-0.2, 0) is 31.2 Å². The average molecular weight is 953 g/mol. The second kappa shape index (κ2) is 19.6. The third-order valence-corrected chi connectivity index (χ3v) is 16.3. The fraction of sp³-hybridized carbons (Fsp3) is 0.511. The zero-order valence-corrected chi connectivity index (χ0v) is 38.9. The number of methoxy groups -OCH3 is 1. The van der Waals surface area contributed by atoms with Gasteiger partial charge in [-0.05, 0) is 89.0 Å². The minimum absolute atomic E-state index is 0.00918. The summed E-state index contributed by atoms with van der Waals surface area (Å²) in [5.74, 6) is -1.01. The first kappa shape index (κ1) is 47.3. The number of allylic oxidation sites excluding steroid dienone is 1. The predicted octanol–water partition coefficient (Wildman–Crippen LogP) is 9.42. The number of anilines is 1. The summed E-state index contributed by atoms with van der Waals surface area (Å²) in [6.45, 7) is 3.91. The Balaban J connectivity index is 1.14. The molecule has 6 atom stereocenters. The van der Waals surface area contributed by atoms with Gasteiger partial charge >= 0.3 is 12.3 Å². The van der Waals surface area contributed by atoms with E-state index in [2.05, 4.69) is 16.0 Å². The fourth-order valence-corrected chi connectivity index (χ4v) is 12.6. The maximum Gasteiger partial charge on any atom is 0.416 e. The maximum atomic E-state index is 14.9. The van der Waals surface area contributed by atoms with Crippen LogP contribution >= 0.6 is 18.7 Å². The fourth-order valence-electron chi connectivity index (χ4n) is 9.37. The lowest BCUT2D eigenvalue weighted by molar-refractivity contribution is -0.140. The number of hydrogen-bond donors (Lipinski definition) is 4. The van der Waals surface area contributed by atoms with Gasteiger partial charge in [0.25, 0.3) is 0 Å². The Labute approximate surface area is 385 Å². The highest BCUT2D eigenvalue weighted by molar-refractivity contribution is 7.59. The first-order valence-electron chi connectivity index (χ1n) is 22.6. The Morgan fingerprint density at radius 3 is 2.56 bits per heavy atom. The molecule has 19 heteroatoms. The summed E-state index contributed by atoms with van der Waals surface area (Å²) in [4.78, 5) is 66.0. The summed E-state index contributed by atoms with van der Waals surface area (Å²) in [6, 6.07) is 9.53. The second-order valence-corrected chi connectivity index (χ2v) is 21.4. The smallest absolute Gasteiger partial charge is 0.416 e. The van der Waals surface area contributed by atoms with Gasteiger partial charge in [0, 0.05) is 41.3 Å². The topological polar surface area (TPSA) is 181 Å². The molecule has 4 N–H and O–H groups in total. The number of thiazole rings is 1. The standard InChI is InChI=1S/C47H56F3N6O8PS/c1-28(2)51-44-53-39(27-66-44)38-23-41(34-20-19-32(62-3)21-37(34)52-38)63-33-22-40-42(57)55-46(65(60,61)26-29-13-9-12-17-35(29)47(48,49)50)24-30(46)14-7-5-4-6-8-18-36(43(58)56(40)25-33)54-45(59)64-31-15-10-11-16-31/h7,9,12-14,17,19-21,23,27-28,30-31,33,36,40H,4-6,8,10-11,15-16,18,22,24-26H2,1-3H3,(H,51,53)(H,54,59)(H,55,57)(H,60,61)/b14-7-/t30-,33-,36+,40+,46+/m1/s1. The molecule has 14 nitrogen and oxygen atoms in total. The number of amides is 3. The van der Waals surface area contributed by atoms with Crippen LogP contribution < -0.4 is 25.4 Å². The first-order valence-corrected chi connectivity index (χ1v) is 25.4. The van der Waals surface area contributed by atoms with Crippen molar-refractivity contribution in [3.8, 4) is 22.9 Å². The number of hydrogen-bond acceptors (Lipinski definition) is 11. The van der Waals surface area contributed by atoms with Crippen LogP contribution in [0.25, 0.3) is 22.3 Å². The Morgan fingerprint density at radius 1 is 1.03 bits per heavy atom.